The van der Waals surface area contributed by atoms with Crippen molar-refractivity contribution in [1.82, 2.24) is 10.2 Å². The van der Waals surface area contributed by atoms with Crippen molar-refractivity contribution in [3.05, 3.63) is 57.6 Å². The number of thiophene rings is 1. The highest BCUT2D eigenvalue weighted by molar-refractivity contribution is 7.23. The van der Waals surface area contributed by atoms with Gasteiger partial charge in [-0.2, -0.15) is 5.26 Å². The highest BCUT2D eigenvalue weighted by Crippen LogP contribution is 2.50. The van der Waals surface area contributed by atoms with Crippen molar-refractivity contribution in [2.75, 3.05) is 45.3 Å². The molecule has 0 amide bonds. The molecule has 8 rings (SSSR count). The molecule has 10 heteroatoms. The van der Waals surface area contributed by atoms with Gasteiger partial charge in [-0.05, 0) is 60.1 Å². The summed E-state index contributed by atoms with van der Waals surface area (Å²) in [5, 5.41) is 14.1. The van der Waals surface area contributed by atoms with E-state index in [1.165, 1.54) is 18.9 Å². The fraction of sp³-hybridized carbons (Fsp3) is 0.467. The van der Waals surface area contributed by atoms with Gasteiger partial charge in [0.15, 0.2) is 0 Å². The number of ether oxygens (including phenoxy) is 3. The van der Waals surface area contributed by atoms with Crippen molar-refractivity contribution in [3.63, 3.8) is 0 Å². The summed E-state index contributed by atoms with van der Waals surface area (Å²) in [5.41, 5.74) is 12.7. The Kier molecular flexibility index (Phi) is 5.45. The van der Waals surface area contributed by atoms with E-state index in [2.05, 4.69) is 23.2 Å². The van der Waals surface area contributed by atoms with Crippen LogP contribution in [0.5, 0.6) is 0 Å². The van der Waals surface area contributed by atoms with Crippen molar-refractivity contribution < 1.29 is 18.6 Å². The number of nitrogens with one attached hydrogen (secondary N) is 1. The number of nitrogens with zero attached hydrogens (tertiary/aromatic N) is 3. The first-order valence-corrected chi connectivity index (χ1v) is 14.7. The Hall–Kier alpha value is -3.23. The molecule has 3 atom stereocenters. The molecule has 40 heavy (non-hydrogen) atoms. The molecule has 206 valence electrons. The first-order chi connectivity index (χ1) is 19.4. The second-order valence-corrected chi connectivity index (χ2v) is 13.0. The number of amidine groups is 1. The largest absolute Gasteiger partial charge is 0.464 e. The van der Waals surface area contributed by atoms with Crippen LogP contribution in [0.4, 0.5) is 9.39 Å². The number of nitriles is 1. The van der Waals surface area contributed by atoms with Gasteiger partial charge in [-0.25, -0.2) is 9.38 Å². The Morgan fingerprint density at radius 3 is 2.92 bits per heavy atom. The molecule has 2 aromatic rings. The lowest BCUT2D eigenvalue weighted by atomic mass is 9.77. The summed E-state index contributed by atoms with van der Waals surface area (Å²) in [5.74, 6) is -0.373. The number of rotatable bonds is 5. The molecule has 1 unspecified atom stereocenters. The van der Waals surface area contributed by atoms with E-state index in [9.17, 15) is 9.65 Å². The zero-order valence-electron chi connectivity index (χ0n) is 22.3. The van der Waals surface area contributed by atoms with Crippen LogP contribution in [0, 0.1) is 22.6 Å². The minimum Gasteiger partial charge on any atom is -0.464 e. The maximum absolute atomic E-state index is 14.8. The third-order valence-corrected chi connectivity index (χ3v) is 10.5. The highest BCUT2D eigenvalue weighted by atomic mass is 32.1. The minimum atomic E-state index is -0.373. The van der Waals surface area contributed by atoms with Crippen LogP contribution in [0.3, 0.4) is 0 Å². The van der Waals surface area contributed by atoms with Crippen LogP contribution < -0.4 is 11.1 Å². The number of hydrogen-bond acceptors (Lipinski definition) is 9. The number of nitrogen functional groups attached to an aromatic ring is 1. The second-order valence-electron chi connectivity index (χ2n) is 11.9. The van der Waals surface area contributed by atoms with Gasteiger partial charge in [-0.15, -0.1) is 11.3 Å². The SMILES string of the molecule is CC1=C(c2ccc(F)c3sc(N)c(C#N)c23)C2=C(COC2)C2=CNC(OCC3(CN4C[C@@H]5C[C@H]4CO5)CC3)=NC21. The van der Waals surface area contributed by atoms with Crippen LogP contribution >= 0.6 is 11.3 Å². The molecule has 1 aromatic heterocycles. The average Bonchev–Trinajstić information content (AvgIpc) is 3.39. The second kappa shape index (κ2) is 8.88. The zero-order chi connectivity index (χ0) is 27.2. The Bertz CT molecular complexity index is 1630. The Morgan fingerprint density at radius 2 is 2.17 bits per heavy atom. The Labute approximate surface area is 235 Å². The predicted molar refractivity (Wildman–Crippen MR) is 151 cm³/mol. The number of benzene rings is 1. The predicted octanol–water partition coefficient (Wildman–Crippen LogP) is 4.09. The third kappa shape index (κ3) is 3.68. The monoisotopic (exact) mass is 559 g/mol. The van der Waals surface area contributed by atoms with E-state index in [0.29, 0.717) is 58.6 Å². The van der Waals surface area contributed by atoms with Gasteiger partial charge in [-0.3, -0.25) is 4.90 Å². The fourth-order valence-electron chi connectivity index (χ4n) is 7.12. The van der Waals surface area contributed by atoms with Gasteiger partial charge in [-0.1, -0.05) is 6.07 Å². The van der Waals surface area contributed by atoms with Gasteiger partial charge >= 0.3 is 0 Å². The van der Waals surface area contributed by atoms with E-state index in [-0.39, 0.29) is 17.3 Å². The molecule has 1 saturated carbocycles. The number of morpholine rings is 1. The molecule has 2 saturated heterocycles. The molecule has 6 aliphatic rings. The van der Waals surface area contributed by atoms with E-state index in [0.717, 1.165) is 70.9 Å². The molecule has 0 spiro atoms. The molecule has 4 aliphatic heterocycles. The molecule has 1 aromatic carbocycles. The maximum Gasteiger partial charge on any atom is 0.289 e. The summed E-state index contributed by atoms with van der Waals surface area (Å²) in [6.07, 6.45) is 5.89. The van der Waals surface area contributed by atoms with Gasteiger partial charge in [0, 0.05) is 41.7 Å². The first kappa shape index (κ1) is 24.6. The lowest BCUT2D eigenvalue weighted by Gasteiger charge is -2.33. The van der Waals surface area contributed by atoms with E-state index >= 15 is 0 Å². The molecule has 8 nitrogen and oxygen atoms in total. The van der Waals surface area contributed by atoms with Gasteiger partial charge in [0.25, 0.3) is 6.02 Å². The molecule has 3 N–H and O–H groups in total. The summed E-state index contributed by atoms with van der Waals surface area (Å²) in [4.78, 5) is 7.63. The lowest BCUT2D eigenvalue weighted by Crippen LogP contribution is -2.42. The lowest BCUT2D eigenvalue weighted by molar-refractivity contribution is 0.0173. The van der Waals surface area contributed by atoms with Crippen LogP contribution in [0.25, 0.3) is 15.7 Å². The molecular weight excluding hydrogens is 529 g/mol. The van der Waals surface area contributed by atoms with E-state index < -0.39 is 0 Å². The van der Waals surface area contributed by atoms with E-state index in [1.807, 2.05) is 6.20 Å². The van der Waals surface area contributed by atoms with Crippen LogP contribution in [0.1, 0.15) is 37.3 Å². The van der Waals surface area contributed by atoms with Crippen molar-refractivity contribution in [1.29, 1.82) is 5.26 Å². The summed E-state index contributed by atoms with van der Waals surface area (Å²) < 4.78 is 33.3. The number of nitrogens with two attached hydrogens (primary N) is 1. The number of fused-ring (bicyclic) bond motifs is 5. The van der Waals surface area contributed by atoms with Crippen LogP contribution in [0.15, 0.2) is 45.6 Å². The Morgan fingerprint density at radius 1 is 1.32 bits per heavy atom. The summed E-state index contributed by atoms with van der Waals surface area (Å²) in [7, 11) is 0. The van der Waals surface area contributed by atoms with Gasteiger partial charge in [0.2, 0.25) is 0 Å². The summed E-state index contributed by atoms with van der Waals surface area (Å²) in [6.45, 7) is 6.57. The summed E-state index contributed by atoms with van der Waals surface area (Å²) in [6, 6.07) is 6.25. The topological polar surface area (TPSA) is 105 Å². The van der Waals surface area contributed by atoms with Crippen molar-refractivity contribution in [2.24, 2.45) is 10.4 Å². The minimum absolute atomic E-state index is 0.183. The molecule has 2 aliphatic carbocycles. The number of anilines is 1. The fourth-order valence-corrected chi connectivity index (χ4v) is 8.07. The number of aliphatic imine (C=N–C) groups is 1. The first-order valence-electron chi connectivity index (χ1n) is 13.9. The quantitative estimate of drug-likeness (QED) is 0.569. The molecule has 2 bridgehead atoms. The van der Waals surface area contributed by atoms with Gasteiger partial charge in [0.05, 0.1) is 42.8 Å². The van der Waals surface area contributed by atoms with Crippen molar-refractivity contribution in [3.8, 4) is 6.07 Å². The van der Waals surface area contributed by atoms with Gasteiger partial charge < -0.3 is 25.3 Å². The molecule has 0 radical (unpaired) electrons. The Balaban J connectivity index is 1.12. The standard InChI is InChI=1S/C30H30FN5O3S/c1-15-24(18-2-3-23(31)27-25(18)19(7-32)28(33)40-27)22-12-37-11-21(22)20-8-34-29(35-26(15)20)39-14-30(4-5-30)13-36-9-17-6-16(36)10-38-17/h2-3,8,16-17,26H,4-6,9-14,33H2,1H3,(H,34,35)/t16-,17-,26?/m0/s1. The maximum atomic E-state index is 14.8. The van der Waals surface area contributed by atoms with E-state index in [4.69, 9.17) is 24.9 Å². The van der Waals surface area contributed by atoms with Gasteiger partial charge in [0.1, 0.15) is 22.9 Å². The number of halogens is 1. The molecule has 3 fully saturated rings. The van der Waals surface area contributed by atoms with Crippen LogP contribution in [0.2, 0.25) is 0 Å². The average molecular weight is 560 g/mol. The summed E-state index contributed by atoms with van der Waals surface area (Å²) >= 11 is 1.12. The smallest absolute Gasteiger partial charge is 0.289 e. The zero-order valence-corrected chi connectivity index (χ0v) is 23.1. The van der Waals surface area contributed by atoms with Crippen molar-refractivity contribution >= 4 is 38.0 Å². The highest BCUT2D eigenvalue weighted by Gasteiger charge is 2.49. The molecular formula is C30H30FN5O3S. The van der Waals surface area contributed by atoms with Crippen molar-refractivity contribution in [2.45, 2.75) is 44.4 Å². The third-order valence-electron chi connectivity index (χ3n) is 9.43. The normalized spacial score (nSPS) is 28.3. The van der Waals surface area contributed by atoms with E-state index in [1.54, 1.807) is 6.07 Å². The van der Waals surface area contributed by atoms with Crippen LogP contribution in [-0.2, 0) is 14.2 Å². The molecule has 5 heterocycles. The number of likely N-dealkylation sites (tertiary alicyclic amines) is 1. The number of hydrogen-bond donors (Lipinski definition) is 2. The van der Waals surface area contributed by atoms with Crippen LogP contribution in [-0.4, -0.2) is 68.6 Å².